The molecule has 5 heteroatoms. The highest BCUT2D eigenvalue weighted by atomic mass is 31.2. The van der Waals surface area contributed by atoms with Crippen molar-refractivity contribution in [2.24, 2.45) is 5.92 Å². The second-order valence-electron chi connectivity index (χ2n) is 8.62. The zero-order valence-corrected chi connectivity index (χ0v) is 19.2. The van der Waals surface area contributed by atoms with E-state index in [0.717, 1.165) is 35.1 Å². The molecule has 30 heavy (non-hydrogen) atoms. The standard InChI is InChI=1S/C25H31O4P/c1-17-14-18(2)23(19(3)15-17)25(27)30(28,22-12-8-9-13-22)29-24(26)20(4)16-21-10-6-5-7-11-21/h5-7,10-11,14-15,20,22H,8-9,12-13,16H2,1-4H3. The Balaban J connectivity index is 1.90. The fraction of sp³-hybridized carbons (Fsp3) is 0.440. The third-order valence-electron chi connectivity index (χ3n) is 5.99. The van der Waals surface area contributed by atoms with Crippen LogP contribution in [0.2, 0.25) is 0 Å². The van der Waals surface area contributed by atoms with Crippen LogP contribution in [0.4, 0.5) is 0 Å². The summed E-state index contributed by atoms with van der Waals surface area (Å²) >= 11 is 0. The van der Waals surface area contributed by atoms with Crippen LogP contribution in [0.3, 0.4) is 0 Å². The van der Waals surface area contributed by atoms with Gasteiger partial charge in [0.2, 0.25) is 0 Å². The predicted molar refractivity (Wildman–Crippen MR) is 120 cm³/mol. The van der Waals surface area contributed by atoms with Gasteiger partial charge < -0.3 is 4.52 Å². The van der Waals surface area contributed by atoms with Crippen LogP contribution < -0.4 is 0 Å². The first kappa shape index (κ1) is 22.5. The van der Waals surface area contributed by atoms with E-state index in [1.54, 1.807) is 6.92 Å². The lowest BCUT2D eigenvalue weighted by Gasteiger charge is -2.25. The average Bonchev–Trinajstić information content (AvgIpc) is 3.23. The summed E-state index contributed by atoms with van der Waals surface area (Å²) in [5, 5.41) is 0. The molecule has 1 aliphatic carbocycles. The van der Waals surface area contributed by atoms with Crippen LogP contribution in [0.15, 0.2) is 42.5 Å². The second-order valence-corrected chi connectivity index (χ2v) is 11.1. The molecule has 1 saturated carbocycles. The number of aryl methyl sites for hydroxylation is 3. The molecule has 0 bridgehead atoms. The Hall–Kier alpha value is -2.19. The lowest BCUT2D eigenvalue weighted by Crippen LogP contribution is -2.23. The first-order valence-electron chi connectivity index (χ1n) is 10.7. The van der Waals surface area contributed by atoms with E-state index in [-0.39, 0.29) is 5.66 Å². The summed E-state index contributed by atoms with van der Waals surface area (Å²) in [7, 11) is -3.85. The maximum atomic E-state index is 14.1. The summed E-state index contributed by atoms with van der Waals surface area (Å²) in [5.74, 6) is -1.03. The van der Waals surface area contributed by atoms with Crippen LogP contribution in [0.1, 0.15) is 65.2 Å². The highest BCUT2D eigenvalue weighted by molar-refractivity contribution is 7.78. The van der Waals surface area contributed by atoms with Crippen molar-refractivity contribution in [3.63, 3.8) is 0 Å². The van der Waals surface area contributed by atoms with E-state index >= 15 is 0 Å². The lowest BCUT2D eigenvalue weighted by molar-refractivity contribution is -0.138. The maximum absolute atomic E-state index is 14.1. The summed E-state index contributed by atoms with van der Waals surface area (Å²) in [4.78, 5) is 26.5. The molecule has 2 aromatic carbocycles. The topological polar surface area (TPSA) is 60.4 Å². The minimum atomic E-state index is -3.85. The Kier molecular flexibility index (Phi) is 6.98. The molecule has 0 aliphatic heterocycles. The van der Waals surface area contributed by atoms with Gasteiger partial charge in [0.05, 0.1) is 11.6 Å². The van der Waals surface area contributed by atoms with Gasteiger partial charge in [-0.05, 0) is 56.7 Å². The molecule has 0 radical (unpaired) electrons. The number of benzene rings is 2. The number of carbonyl (C=O) groups excluding carboxylic acids is 2. The first-order chi connectivity index (χ1) is 14.2. The van der Waals surface area contributed by atoms with Crippen LogP contribution in [0.5, 0.6) is 0 Å². The highest BCUT2D eigenvalue weighted by Crippen LogP contribution is 2.60. The highest BCUT2D eigenvalue weighted by Gasteiger charge is 2.47. The van der Waals surface area contributed by atoms with Crippen LogP contribution in [-0.4, -0.2) is 17.2 Å². The lowest BCUT2D eigenvalue weighted by atomic mass is 10.0. The van der Waals surface area contributed by atoms with E-state index in [0.29, 0.717) is 24.8 Å². The molecule has 160 valence electrons. The third kappa shape index (κ3) is 4.75. The fourth-order valence-electron chi connectivity index (χ4n) is 4.47. The number of hydrogen-bond acceptors (Lipinski definition) is 4. The van der Waals surface area contributed by atoms with Gasteiger partial charge in [0.15, 0.2) is 0 Å². The molecular formula is C25H31O4P. The van der Waals surface area contributed by atoms with Crippen LogP contribution in [0.25, 0.3) is 0 Å². The van der Waals surface area contributed by atoms with E-state index in [2.05, 4.69) is 0 Å². The van der Waals surface area contributed by atoms with Gasteiger partial charge in [0, 0.05) is 5.56 Å². The van der Waals surface area contributed by atoms with Gasteiger partial charge in [-0.3, -0.25) is 14.2 Å². The van der Waals surface area contributed by atoms with E-state index in [1.807, 2.05) is 63.2 Å². The summed E-state index contributed by atoms with van der Waals surface area (Å²) in [5.41, 5.74) is 3.19. The third-order valence-corrected chi connectivity index (χ3v) is 8.71. The normalized spacial score (nSPS) is 17.3. The molecular weight excluding hydrogens is 395 g/mol. The summed E-state index contributed by atoms with van der Waals surface area (Å²) in [6.45, 7) is 7.44. The number of rotatable bonds is 7. The first-order valence-corrected chi connectivity index (χ1v) is 12.4. The summed E-state index contributed by atoms with van der Waals surface area (Å²) in [6.07, 6.45) is 3.62. The minimum absolute atomic E-state index is 0.377. The smallest absolute Gasteiger partial charge is 0.321 e. The molecule has 0 spiro atoms. The minimum Gasteiger partial charge on any atom is -0.405 e. The monoisotopic (exact) mass is 426 g/mol. The van der Waals surface area contributed by atoms with E-state index in [4.69, 9.17) is 4.52 Å². The summed E-state index contributed by atoms with van der Waals surface area (Å²) < 4.78 is 19.8. The van der Waals surface area contributed by atoms with Crippen molar-refractivity contribution in [3.05, 3.63) is 70.3 Å². The van der Waals surface area contributed by atoms with Crippen molar-refractivity contribution >= 4 is 18.9 Å². The van der Waals surface area contributed by atoms with E-state index < -0.39 is 24.8 Å². The van der Waals surface area contributed by atoms with Crippen molar-refractivity contribution in [2.75, 3.05) is 0 Å². The number of carbonyl (C=O) groups is 2. The maximum Gasteiger partial charge on any atom is 0.321 e. The molecule has 2 unspecified atom stereocenters. The Bertz CT molecular complexity index is 951. The molecule has 2 aromatic rings. The molecule has 0 amide bonds. The van der Waals surface area contributed by atoms with Gasteiger partial charge in [-0.15, -0.1) is 0 Å². The van der Waals surface area contributed by atoms with Crippen molar-refractivity contribution < 1.29 is 18.7 Å². The zero-order chi connectivity index (χ0) is 21.9. The fourth-order valence-corrected chi connectivity index (χ4v) is 7.19. The second kappa shape index (κ2) is 9.31. The van der Waals surface area contributed by atoms with Crippen LogP contribution in [-0.2, 0) is 20.3 Å². The molecule has 0 N–H and O–H groups in total. The van der Waals surface area contributed by atoms with Crippen molar-refractivity contribution in [1.29, 1.82) is 0 Å². The summed E-state index contributed by atoms with van der Waals surface area (Å²) in [6, 6.07) is 13.5. The SMILES string of the molecule is Cc1cc(C)c(C(=O)P(=O)(OC(=O)C(C)Cc2ccccc2)C2CCCC2)c(C)c1. The van der Waals surface area contributed by atoms with Gasteiger partial charge in [-0.1, -0.05) is 67.8 Å². The Morgan fingerprint density at radius 3 is 2.17 bits per heavy atom. The molecule has 0 heterocycles. The van der Waals surface area contributed by atoms with Crippen LogP contribution in [0, 0.1) is 26.7 Å². The Labute approximate surface area is 179 Å². The average molecular weight is 426 g/mol. The molecule has 0 aromatic heterocycles. The van der Waals surface area contributed by atoms with Gasteiger partial charge in [0.25, 0.3) is 5.52 Å². The van der Waals surface area contributed by atoms with Gasteiger partial charge in [0.1, 0.15) is 0 Å². The quantitative estimate of drug-likeness (QED) is 0.481. The Morgan fingerprint density at radius 1 is 1.03 bits per heavy atom. The largest absolute Gasteiger partial charge is 0.405 e. The molecule has 0 saturated heterocycles. The van der Waals surface area contributed by atoms with Gasteiger partial charge >= 0.3 is 13.3 Å². The van der Waals surface area contributed by atoms with E-state index in [9.17, 15) is 14.2 Å². The Morgan fingerprint density at radius 2 is 1.60 bits per heavy atom. The molecule has 1 aliphatic rings. The molecule has 1 fully saturated rings. The van der Waals surface area contributed by atoms with Gasteiger partial charge in [-0.2, -0.15) is 0 Å². The van der Waals surface area contributed by atoms with Crippen molar-refractivity contribution in [3.8, 4) is 0 Å². The van der Waals surface area contributed by atoms with Crippen molar-refractivity contribution in [2.45, 2.75) is 65.5 Å². The zero-order valence-electron chi connectivity index (χ0n) is 18.3. The molecule has 2 atom stereocenters. The van der Waals surface area contributed by atoms with E-state index in [1.165, 1.54) is 0 Å². The van der Waals surface area contributed by atoms with Crippen LogP contribution >= 0.6 is 7.37 Å². The van der Waals surface area contributed by atoms with Crippen molar-refractivity contribution in [1.82, 2.24) is 0 Å². The molecule has 4 nitrogen and oxygen atoms in total. The van der Waals surface area contributed by atoms with Gasteiger partial charge in [-0.25, -0.2) is 0 Å². The predicted octanol–water partition coefficient (Wildman–Crippen LogP) is 6.39. The molecule has 3 rings (SSSR count). The number of hydrogen-bond donors (Lipinski definition) is 0.